The van der Waals surface area contributed by atoms with Crippen molar-refractivity contribution < 1.29 is 14.7 Å². The summed E-state index contributed by atoms with van der Waals surface area (Å²) in [6.07, 6.45) is 1.96. The number of carboxylic acids is 1. The van der Waals surface area contributed by atoms with Gasteiger partial charge in [-0.05, 0) is 13.0 Å². The lowest BCUT2D eigenvalue weighted by Gasteiger charge is -2.12. The maximum absolute atomic E-state index is 10.3. The van der Waals surface area contributed by atoms with Gasteiger partial charge in [-0.25, -0.2) is 4.79 Å². The number of primary amides is 1. The summed E-state index contributed by atoms with van der Waals surface area (Å²) < 4.78 is 0. The summed E-state index contributed by atoms with van der Waals surface area (Å²) in [5, 5.41) is 8.43. The van der Waals surface area contributed by atoms with Crippen LogP contribution in [0.3, 0.4) is 0 Å². The molecule has 0 saturated heterocycles. The van der Waals surface area contributed by atoms with Crippen LogP contribution < -0.4 is 11.5 Å². The van der Waals surface area contributed by atoms with Crippen molar-refractivity contribution in [2.75, 3.05) is 0 Å². The summed E-state index contributed by atoms with van der Waals surface area (Å²) in [7, 11) is 0. The molecule has 5 N–H and O–H groups in total. The van der Waals surface area contributed by atoms with Crippen molar-refractivity contribution in [1.82, 2.24) is 0 Å². The molecular formula is C6H10N2O3. The first kappa shape index (κ1) is 9.64. The molecule has 1 unspecified atom stereocenters. The van der Waals surface area contributed by atoms with Crippen LogP contribution in [0.15, 0.2) is 12.2 Å². The lowest BCUT2D eigenvalue weighted by atomic mass is 10.0. The van der Waals surface area contributed by atoms with Crippen molar-refractivity contribution in [3.05, 3.63) is 12.2 Å². The van der Waals surface area contributed by atoms with E-state index < -0.39 is 17.4 Å². The third kappa shape index (κ3) is 3.36. The van der Waals surface area contributed by atoms with E-state index >= 15 is 0 Å². The molecule has 11 heavy (non-hydrogen) atoms. The minimum Gasteiger partial charge on any atom is -0.480 e. The van der Waals surface area contributed by atoms with Gasteiger partial charge in [0.2, 0.25) is 5.91 Å². The van der Waals surface area contributed by atoms with Crippen LogP contribution in [0, 0.1) is 0 Å². The highest BCUT2D eigenvalue weighted by atomic mass is 16.4. The Hall–Kier alpha value is -1.36. The summed E-state index contributed by atoms with van der Waals surface area (Å²) in [6, 6.07) is 0. The first-order chi connectivity index (χ1) is 4.86. The quantitative estimate of drug-likeness (QED) is 0.450. The molecule has 0 aliphatic rings. The average Bonchev–Trinajstić information content (AvgIpc) is 1.84. The van der Waals surface area contributed by atoms with Crippen LogP contribution in [-0.2, 0) is 9.59 Å². The molecule has 0 aromatic rings. The van der Waals surface area contributed by atoms with Crippen molar-refractivity contribution in [3.8, 4) is 0 Å². The number of nitrogens with two attached hydrogens (primary N) is 2. The van der Waals surface area contributed by atoms with Crippen LogP contribution in [0.4, 0.5) is 0 Å². The van der Waals surface area contributed by atoms with Crippen molar-refractivity contribution in [3.63, 3.8) is 0 Å². The molecule has 0 aromatic carbocycles. The van der Waals surface area contributed by atoms with Crippen LogP contribution in [0.2, 0.25) is 0 Å². The molecule has 5 nitrogen and oxygen atoms in total. The van der Waals surface area contributed by atoms with Gasteiger partial charge in [-0.15, -0.1) is 0 Å². The highest BCUT2D eigenvalue weighted by molar-refractivity contribution is 5.88. The Kier molecular flexibility index (Phi) is 2.77. The summed E-state index contributed by atoms with van der Waals surface area (Å²) in [6.45, 7) is 1.26. The van der Waals surface area contributed by atoms with Gasteiger partial charge in [0.1, 0.15) is 5.54 Å². The van der Waals surface area contributed by atoms with Crippen LogP contribution in [0.1, 0.15) is 6.92 Å². The number of rotatable bonds is 3. The molecule has 0 heterocycles. The fraction of sp³-hybridized carbons (Fsp3) is 0.333. The average molecular weight is 158 g/mol. The highest BCUT2D eigenvalue weighted by Gasteiger charge is 2.23. The lowest BCUT2D eigenvalue weighted by Crippen LogP contribution is -2.42. The van der Waals surface area contributed by atoms with Crippen molar-refractivity contribution >= 4 is 11.9 Å². The number of hydrogen-bond donors (Lipinski definition) is 3. The predicted octanol–water partition coefficient (Wildman–Crippen LogP) is -1.17. The minimum absolute atomic E-state index is 0.720. The summed E-state index contributed by atoms with van der Waals surface area (Å²) in [5.41, 5.74) is 8.41. The largest absolute Gasteiger partial charge is 0.480 e. The first-order valence-electron chi connectivity index (χ1n) is 2.87. The molecule has 0 aliphatic heterocycles. The molecule has 0 bridgehead atoms. The lowest BCUT2D eigenvalue weighted by molar-refractivity contribution is -0.140. The third-order valence-corrected chi connectivity index (χ3v) is 1.05. The summed E-state index contributed by atoms with van der Waals surface area (Å²) >= 11 is 0. The third-order valence-electron chi connectivity index (χ3n) is 1.05. The monoisotopic (exact) mass is 158 g/mol. The molecule has 62 valence electrons. The number of amides is 1. The van der Waals surface area contributed by atoms with Gasteiger partial charge in [0.15, 0.2) is 0 Å². The predicted molar refractivity (Wildman–Crippen MR) is 38.6 cm³/mol. The van der Waals surface area contributed by atoms with E-state index in [1.807, 2.05) is 0 Å². The van der Waals surface area contributed by atoms with E-state index in [1.165, 1.54) is 6.92 Å². The fourth-order valence-electron chi connectivity index (χ4n) is 0.327. The van der Waals surface area contributed by atoms with Gasteiger partial charge in [-0.3, -0.25) is 4.79 Å². The van der Waals surface area contributed by atoms with Gasteiger partial charge in [-0.1, -0.05) is 0 Å². The molecule has 1 atom stereocenters. The molecule has 0 saturated carbocycles. The second kappa shape index (κ2) is 3.16. The Labute approximate surface area is 63.7 Å². The van der Waals surface area contributed by atoms with Crippen molar-refractivity contribution in [2.45, 2.75) is 12.5 Å². The Morgan fingerprint density at radius 1 is 1.55 bits per heavy atom. The normalized spacial score (nSPS) is 16.2. The molecule has 1 amide bonds. The number of aliphatic carboxylic acids is 1. The second-order valence-corrected chi connectivity index (χ2v) is 2.32. The van der Waals surface area contributed by atoms with Gasteiger partial charge >= 0.3 is 5.97 Å². The van der Waals surface area contributed by atoms with Gasteiger partial charge in [-0.2, -0.15) is 0 Å². The second-order valence-electron chi connectivity index (χ2n) is 2.32. The minimum atomic E-state index is -1.53. The summed E-state index contributed by atoms with van der Waals surface area (Å²) in [4.78, 5) is 20.5. The smallest absolute Gasteiger partial charge is 0.327 e. The number of carbonyl (C=O) groups is 2. The zero-order valence-corrected chi connectivity index (χ0v) is 6.07. The molecule has 0 rings (SSSR count). The molecular weight excluding hydrogens is 148 g/mol. The topological polar surface area (TPSA) is 106 Å². The number of hydrogen-bond acceptors (Lipinski definition) is 3. The molecule has 0 radical (unpaired) electrons. The fourth-order valence-corrected chi connectivity index (χ4v) is 0.327. The van der Waals surface area contributed by atoms with E-state index in [0.29, 0.717) is 0 Å². The van der Waals surface area contributed by atoms with E-state index in [4.69, 9.17) is 16.6 Å². The highest BCUT2D eigenvalue weighted by Crippen LogP contribution is 2.00. The molecule has 0 spiro atoms. The van der Waals surface area contributed by atoms with Gasteiger partial charge in [0.05, 0.1) is 0 Å². The zero-order valence-electron chi connectivity index (χ0n) is 6.07. The van der Waals surface area contributed by atoms with Crippen LogP contribution in [0.5, 0.6) is 0 Å². The Bertz CT molecular complexity index is 208. The Balaban J connectivity index is 4.35. The zero-order chi connectivity index (χ0) is 9.07. The Morgan fingerprint density at radius 2 is 2.00 bits per heavy atom. The maximum atomic E-state index is 10.3. The number of carbonyl (C=O) groups excluding carboxylic acids is 1. The van der Waals surface area contributed by atoms with E-state index in [-0.39, 0.29) is 0 Å². The maximum Gasteiger partial charge on any atom is 0.327 e. The Morgan fingerprint density at radius 3 is 2.27 bits per heavy atom. The van der Waals surface area contributed by atoms with Crippen LogP contribution >= 0.6 is 0 Å². The summed E-state index contributed by atoms with van der Waals surface area (Å²) in [5.74, 6) is -1.93. The van der Waals surface area contributed by atoms with E-state index in [9.17, 15) is 9.59 Å². The SMILES string of the molecule is CC(N)(/C=C/C(N)=O)C(=O)O. The standard InChI is InChI=1S/C6H10N2O3/c1-6(8,5(10)11)3-2-4(7)9/h2-3H,8H2,1H3,(H2,7,9)(H,10,11)/b3-2+. The first-order valence-corrected chi connectivity index (χ1v) is 2.87. The van der Waals surface area contributed by atoms with Crippen molar-refractivity contribution in [2.24, 2.45) is 11.5 Å². The molecule has 5 heteroatoms. The van der Waals surface area contributed by atoms with E-state index in [1.54, 1.807) is 0 Å². The van der Waals surface area contributed by atoms with Crippen LogP contribution in [0.25, 0.3) is 0 Å². The molecule has 0 aliphatic carbocycles. The van der Waals surface area contributed by atoms with Gasteiger partial charge < -0.3 is 16.6 Å². The van der Waals surface area contributed by atoms with Gasteiger partial charge in [0.25, 0.3) is 0 Å². The molecule has 0 fully saturated rings. The number of carboxylic acid groups (broad SMARTS) is 1. The van der Waals surface area contributed by atoms with Crippen LogP contribution in [-0.4, -0.2) is 22.5 Å². The van der Waals surface area contributed by atoms with Crippen molar-refractivity contribution in [1.29, 1.82) is 0 Å². The molecule has 0 aromatic heterocycles. The van der Waals surface area contributed by atoms with Gasteiger partial charge in [0, 0.05) is 6.08 Å². The van der Waals surface area contributed by atoms with E-state index in [0.717, 1.165) is 12.2 Å². The van der Waals surface area contributed by atoms with E-state index in [2.05, 4.69) is 0 Å².